The van der Waals surface area contributed by atoms with E-state index in [0.717, 1.165) is 5.88 Å². The van der Waals surface area contributed by atoms with Gasteiger partial charge in [-0.05, 0) is 0 Å². The number of halogens is 5. The molecule has 0 unspecified atom stereocenters. The first-order valence-electron chi connectivity index (χ1n) is 0.974. The second kappa shape index (κ2) is 51.6. The Morgan fingerprint density at radius 3 is 1.00 bits per heavy atom. The van der Waals surface area contributed by atoms with Crippen molar-refractivity contribution in [3.8, 4) is 0 Å². The Balaban J connectivity index is -0.00000000333. The first-order valence-corrected chi connectivity index (χ1v) is 1.51. The SMILES string of the molecule is CCCl.Cl.Cl.Cl.Cl. The zero-order chi connectivity index (χ0) is 2.71. The molecule has 0 aliphatic rings. The van der Waals surface area contributed by atoms with Crippen LogP contribution in [-0.2, 0) is 0 Å². The van der Waals surface area contributed by atoms with Gasteiger partial charge in [-0.15, -0.1) is 61.2 Å². The summed E-state index contributed by atoms with van der Waals surface area (Å²) in [5.41, 5.74) is 0. The van der Waals surface area contributed by atoms with Crippen LogP contribution in [0.5, 0.6) is 0 Å². The standard InChI is InChI=1S/C2H5Cl.4ClH/c1-2-3;;;;/h2H2,1H3;4*1H. The summed E-state index contributed by atoms with van der Waals surface area (Å²) in [4.78, 5) is 0. The molecule has 0 saturated heterocycles. The Morgan fingerprint density at radius 1 is 1.00 bits per heavy atom. The third-order valence-corrected chi connectivity index (χ3v) is 0. The highest BCUT2D eigenvalue weighted by atomic mass is 35.5. The third-order valence-electron chi connectivity index (χ3n) is 0. The Morgan fingerprint density at radius 2 is 1.00 bits per heavy atom. The molecule has 0 rings (SSSR count). The van der Waals surface area contributed by atoms with Crippen LogP contribution in [0, 0.1) is 0 Å². The molecule has 0 aliphatic heterocycles. The van der Waals surface area contributed by atoms with E-state index in [0.29, 0.717) is 0 Å². The molecule has 5 heteroatoms. The smallest absolute Gasteiger partial charge is 0.0195 e. The van der Waals surface area contributed by atoms with E-state index in [-0.39, 0.29) is 49.6 Å². The van der Waals surface area contributed by atoms with E-state index in [2.05, 4.69) is 0 Å². The summed E-state index contributed by atoms with van der Waals surface area (Å²) in [5, 5.41) is 0. The molecule has 0 saturated carbocycles. The van der Waals surface area contributed by atoms with Gasteiger partial charge in [0.05, 0.1) is 0 Å². The van der Waals surface area contributed by atoms with Crippen LogP contribution >= 0.6 is 61.2 Å². The van der Waals surface area contributed by atoms with E-state index >= 15 is 0 Å². The molecule has 0 bridgehead atoms. The Hall–Kier alpha value is 1.45. The predicted octanol–water partition coefficient (Wildman–Crippen LogP) is 2.93. The lowest BCUT2D eigenvalue weighted by molar-refractivity contribution is 1.51. The average Bonchev–Trinajstić information content (AvgIpc) is 0.918. The molecule has 0 aromatic heterocycles. The quantitative estimate of drug-likeness (QED) is 0.539. The fourth-order valence-corrected chi connectivity index (χ4v) is 0. The maximum absolute atomic E-state index is 5.00. The second-order valence-electron chi connectivity index (χ2n) is 0.267. The van der Waals surface area contributed by atoms with Gasteiger partial charge in [-0.3, -0.25) is 0 Å². The summed E-state index contributed by atoms with van der Waals surface area (Å²) in [6.07, 6.45) is 0. The number of hydrogen-bond donors (Lipinski definition) is 0. The third kappa shape index (κ3) is 105. The molecule has 0 N–H and O–H groups in total. The van der Waals surface area contributed by atoms with Crippen LogP contribution < -0.4 is 0 Å². The molecule has 52 valence electrons. The van der Waals surface area contributed by atoms with Gasteiger partial charge in [-0.1, -0.05) is 6.92 Å². The molecule has 0 heterocycles. The summed E-state index contributed by atoms with van der Waals surface area (Å²) in [7, 11) is 0. The van der Waals surface area contributed by atoms with Crippen LogP contribution in [0.1, 0.15) is 6.92 Å². The molecule has 0 spiro atoms. The summed E-state index contributed by atoms with van der Waals surface area (Å²) < 4.78 is 0. The minimum absolute atomic E-state index is 0. The maximum atomic E-state index is 5.00. The van der Waals surface area contributed by atoms with Gasteiger partial charge in [0.2, 0.25) is 0 Å². The maximum Gasteiger partial charge on any atom is 0.0195 e. The van der Waals surface area contributed by atoms with Crippen LogP contribution in [-0.4, -0.2) is 5.88 Å². The van der Waals surface area contributed by atoms with E-state index < -0.39 is 0 Å². The first kappa shape index (κ1) is 39.4. The van der Waals surface area contributed by atoms with Crippen LogP contribution in [0.2, 0.25) is 0 Å². The van der Waals surface area contributed by atoms with Crippen molar-refractivity contribution in [1.29, 1.82) is 0 Å². The molecular weight excluding hydrogens is 201 g/mol. The molecule has 0 amide bonds. The number of alkyl halides is 1. The Bertz CT molecular complexity index is 6.04. The summed E-state index contributed by atoms with van der Waals surface area (Å²) in [6.45, 7) is 1.89. The van der Waals surface area contributed by atoms with Crippen molar-refractivity contribution in [1.82, 2.24) is 0 Å². The Kier molecular flexibility index (Phi) is 291. The van der Waals surface area contributed by atoms with E-state index in [1.54, 1.807) is 0 Å². The van der Waals surface area contributed by atoms with Crippen LogP contribution in [0.4, 0.5) is 0 Å². The van der Waals surface area contributed by atoms with Crippen LogP contribution in [0.25, 0.3) is 0 Å². The van der Waals surface area contributed by atoms with E-state index in [1.165, 1.54) is 0 Å². The predicted molar refractivity (Wildman–Crippen MR) is 45.4 cm³/mol. The van der Waals surface area contributed by atoms with Crippen molar-refractivity contribution in [3.05, 3.63) is 0 Å². The van der Waals surface area contributed by atoms with Crippen molar-refractivity contribution in [2.24, 2.45) is 0 Å². The van der Waals surface area contributed by atoms with Gasteiger partial charge in [0, 0.05) is 5.88 Å². The normalized spacial score (nSPS) is 2.57. The summed E-state index contributed by atoms with van der Waals surface area (Å²) >= 11 is 5.00. The van der Waals surface area contributed by atoms with E-state index in [1.807, 2.05) is 6.92 Å². The van der Waals surface area contributed by atoms with Gasteiger partial charge < -0.3 is 0 Å². The van der Waals surface area contributed by atoms with Gasteiger partial charge >= 0.3 is 0 Å². The molecule has 0 radical (unpaired) electrons. The molecule has 0 nitrogen and oxygen atoms in total. The van der Waals surface area contributed by atoms with Crippen molar-refractivity contribution in [2.45, 2.75) is 6.92 Å². The molecule has 0 aromatic carbocycles. The van der Waals surface area contributed by atoms with Crippen molar-refractivity contribution in [3.63, 3.8) is 0 Å². The number of hydrogen-bond acceptors (Lipinski definition) is 0. The van der Waals surface area contributed by atoms with Crippen LogP contribution in [0.3, 0.4) is 0 Å². The highest BCUT2D eigenvalue weighted by molar-refractivity contribution is 6.17. The van der Waals surface area contributed by atoms with Crippen molar-refractivity contribution >= 4 is 61.2 Å². The van der Waals surface area contributed by atoms with E-state index in [9.17, 15) is 0 Å². The molecule has 0 aliphatic carbocycles. The minimum Gasteiger partial charge on any atom is -0.147 e. The van der Waals surface area contributed by atoms with Gasteiger partial charge in [-0.25, -0.2) is 0 Å². The summed E-state index contributed by atoms with van der Waals surface area (Å²) in [5.74, 6) is 0.722. The lowest BCUT2D eigenvalue weighted by Crippen LogP contribution is -1.36. The molecule has 0 atom stereocenters. The molecule has 0 aromatic rings. The lowest BCUT2D eigenvalue weighted by atomic mass is 11.0. The second-order valence-corrected chi connectivity index (χ2v) is 0.802. The zero-order valence-electron chi connectivity index (χ0n) is 3.72. The average molecular weight is 210 g/mol. The highest BCUT2D eigenvalue weighted by Gasteiger charge is 1.38. The highest BCUT2D eigenvalue weighted by Crippen LogP contribution is 1.59. The minimum atomic E-state index is 0. The molecule has 7 heavy (non-hydrogen) atoms. The van der Waals surface area contributed by atoms with E-state index in [4.69, 9.17) is 11.6 Å². The molecular formula is C2H9Cl5. The topological polar surface area (TPSA) is 0 Å². The fourth-order valence-electron chi connectivity index (χ4n) is 0. The van der Waals surface area contributed by atoms with Gasteiger partial charge in [-0.2, -0.15) is 0 Å². The summed E-state index contributed by atoms with van der Waals surface area (Å²) in [6, 6.07) is 0. The van der Waals surface area contributed by atoms with Crippen molar-refractivity contribution < 1.29 is 0 Å². The van der Waals surface area contributed by atoms with Crippen LogP contribution in [0.15, 0.2) is 0 Å². The van der Waals surface area contributed by atoms with Crippen molar-refractivity contribution in [2.75, 3.05) is 5.88 Å². The van der Waals surface area contributed by atoms with Gasteiger partial charge in [0.1, 0.15) is 0 Å². The lowest BCUT2D eigenvalue weighted by Gasteiger charge is -1.45. The number of rotatable bonds is 0. The largest absolute Gasteiger partial charge is 0.147 e. The van der Waals surface area contributed by atoms with Gasteiger partial charge in [0.15, 0.2) is 0 Å². The Labute approximate surface area is 74.0 Å². The van der Waals surface area contributed by atoms with Gasteiger partial charge in [0.25, 0.3) is 0 Å². The fraction of sp³-hybridized carbons (Fsp3) is 1.00. The molecule has 0 fully saturated rings. The first-order chi connectivity index (χ1) is 1.41. The monoisotopic (exact) mass is 208 g/mol. The zero-order valence-corrected chi connectivity index (χ0v) is 7.74.